The minimum absolute atomic E-state index is 0.0841. The lowest BCUT2D eigenvalue weighted by atomic mass is 10.1. The highest BCUT2D eigenvalue weighted by Gasteiger charge is 2.15. The quantitative estimate of drug-likeness (QED) is 0.745. The Morgan fingerprint density at radius 2 is 1.95 bits per heavy atom. The van der Waals surface area contributed by atoms with Gasteiger partial charge in [0.05, 0.1) is 17.8 Å². The van der Waals surface area contributed by atoms with E-state index >= 15 is 0 Å². The lowest BCUT2D eigenvalue weighted by Gasteiger charge is -2.19. The second kappa shape index (κ2) is 7.37. The van der Waals surface area contributed by atoms with Gasteiger partial charge in [-0.25, -0.2) is 4.79 Å². The zero-order chi connectivity index (χ0) is 15.1. The van der Waals surface area contributed by atoms with E-state index in [0.29, 0.717) is 12.1 Å². The molecule has 0 saturated carbocycles. The number of urea groups is 1. The summed E-state index contributed by atoms with van der Waals surface area (Å²) >= 11 is 0. The smallest absolute Gasteiger partial charge is 0.319 e. The Labute approximate surface area is 118 Å². The molecule has 1 rings (SSSR count). The summed E-state index contributed by atoms with van der Waals surface area (Å²) in [5.41, 5.74) is 1.56. The zero-order valence-corrected chi connectivity index (χ0v) is 12.0. The van der Waals surface area contributed by atoms with Crippen LogP contribution in [0.4, 0.5) is 16.2 Å². The van der Waals surface area contributed by atoms with Crippen molar-refractivity contribution >= 4 is 23.4 Å². The maximum atomic E-state index is 11.9. The van der Waals surface area contributed by atoms with Crippen molar-refractivity contribution in [3.05, 3.63) is 24.3 Å². The van der Waals surface area contributed by atoms with Gasteiger partial charge < -0.3 is 20.6 Å². The first-order chi connectivity index (χ1) is 9.43. The molecule has 0 radical (unpaired) electrons. The van der Waals surface area contributed by atoms with Crippen LogP contribution in [0.3, 0.4) is 0 Å². The van der Waals surface area contributed by atoms with Gasteiger partial charge in [-0.1, -0.05) is 19.1 Å². The Balaban J connectivity index is 2.68. The van der Waals surface area contributed by atoms with Crippen molar-refractivity contribution in [1.82, 2.24) is 5.32 Å². The minimum Gasteiger partial charge on any atom is -0.481 e. The molecule has 20 heavy (non-hydrogen) atoms. The predicted octanol–water partition coefficient (Wildman–Crippen LogP) is 2.13. The molecule has 6 nitrogen and oxygen atoms in total. The Bertz CT molecular complexity index is 474. The SMILES string of the molecule is CCC(CC(=O)O)NC(=O)Nc1ccccc1N(C)C. The molecule has 2 amide bonds. The lowest BCUT2D eigenvalue weighted by molar-refractivity contribution is -0.137. The van der Waals surface area contributed by atoms with Gasteiger partial charge >= 0.3 is 12.0 Å². The number of amides is 2. The topological polar surface area (TPSA) is 81.7 Å². The molecule has 0 aliphatic carbocycles. The van der Waals surface area contributed by atoms with Crippen LogP contribution in [0.1, 0.15) is 19.8 Å². The van der Waals surface area contributed by atoms with Crippen LogP contribution in [-0.2, 0) is 4.79 Å². The predicted molar refractivity (Wildman–Crippen MR) is 79.3 cm³/mol. The van der Waals surface area contributed by atoms with Gasteiger partial charge in [-0.3, -0.25) is 4.79 Å². The van der Waals surface area contributed by atoms with Gasteiger partial charge in [0.1, 0.15) is 0 Å². The van der Waals surface area contributed by atoms with Gasteiger partial charge in [0.25, 0.3) is 0 Å². The number of carbonyl (C=O) groups excluding carboxylic acids is 1. The number of nitrogens with zero attached hydrogens (tertiary/aromatic N) is 1. The van der Waals surface area contributed by atoms with Crippen molar-refractivity contribution in [3.8, 4) is 0 Å². The maximum absolute atomic E-state index is 11.9. The molecule has 0 aliphatic rings. The summed E-state index contributed by atoms with van der Waals surface area (Å²) in [5.74, 6) is -0.925. The molecule has 0 aromatic heterocycles. The first-order valence-corrected chi connectivity index (χ1v) is 6.49. The summed E-state index contributed by atoms with van der Waals surface area (Å²) in [6.07, 6.45) is 0.480. The number of para-hydroxylation sites is 2. The van der Waals surface area contributed by atoms with Crippen LogP contribution >= 0.6 is 0 Å². The summed E-state index contributed by atoms with van der Waals surface area (Å²) in [6, 6.07) is 6.64. The van der Waals surface area contributed by atoms with Crippen molar-refractivity contribution in [2.75, 3.05) is 24.3 Å². The van der Waals surface area contributed by atoms with E-state index in [0.717, 1.165) is 5.69 Å². The number of hydrogen-bond acceptors (Lipinski definition) is 3. The Kier molecular flexibility index (Phi) is 5.83. The van der Waals surface area contributed by atoms with E-state index < -0.39 is 12.0 Å². The molecule has 0 saturated heterocycles. The van der Waals surface area contributed by atoms with E-state index in [4.69, 9.17) is 5.11 Å². The Hall–Kier alpha value is -2.24. The van der Waals surface area contributed by atoms with Crippen LogP contribution in [0.5, 0.6) is 0 Å². The molecule has 0 heterocycles. The lowest BCUT2D eigenvalue weighted by Crippen LogP contribution is -2.39. The van der Waals surface area contributed by atoms with Crippen molar-refractivity contribution in [2.24, 2.45) is 0 Å². The van der Waals surface area contributed by atoms with E-state index in [2.05, 4.69) is 10.6 Å². The second-order valence-corrected chi connectivity index (χ2v) is 4.71. The summed E-state index contributed by atoms with van der Waals surface area (Å²) in [5, 5.41) is 14.2. The number of carbonyl (C=O) groups is 2. The van der Waals surface area contributed by atoms with Gasteiger partial charge in [0.15, 0.2) is 0 Å². The van der Waals surface area contributed by atoms with Gasteiger partial charge in [0.2, 0.25) is 0 Å². The number of carboxylic acid groups (broad SMARTS) is 1. The molecule has 0 spiro atoms. The number of benzene rings is 1. The average molecular weight is 279 g/mol. The van der Waals surface area contributed by atoms with Gasteiger partial charge in [-0.05, 0) is 18.6 Å². The third-order valence-corrected chi connectivity index (χ3v) is 2.88. The van der Waals surface area contributed by atoms with E-state index in [9.17, 15) is 9.59 Å². The van der Waals surface area contributed by atoms with Gasteiger partial charge in [-0.2, -0.15) is 0 Å². The number of aliphatic carboxylic acids is 1. The van der Waals surface area contributed by atoms with Crippen LogP contribution in [-0.4, -0.2) is 37.2 Å². The molecule has 0 aliphatic heterocycles. The number of hydrogen-bond donors (Lipinski definition) is 3. The van der Waals surface area contributed by atoms with Crippen molar-refractivity contribution in [3.63, 3.8) is 0 Å². The molecule has 1 aromatic carbocycles. The zero-order valence-electron chi connectivity index (χ0n) is 12.0. The van der Waals surface area contributed by atoms with E-state index in [1.165, 1.54) is 0 Å². The monoisotopic (exact) mass is 279 g/mol. The molecule has 110 valence electrons. The molecule has 0 bridgehead atoms. The number of anilines is 2. The van der Waals surface area contributed by atoms with E-state index in [1.807, 2.05) is 44.1 Å². The van der Waals surface area contributed by atoms with Crippen LogP contribution < -0.4 is 15.5 Å². The first kappa shape index (κ1) is 15.8. The summed E-state index contributed by atoms with van der Waals surface area (Å²) in [4.78, 5) is 24.5. The van der Waals surface area contributed by atoms with Crippen LogP contribution in [0, 0.1) is 0 Å². The summed E-state index contributed by atoms with van der Waals surface area (Å²) < 4.78 is 0. The van der Waals surface area contributed by atoms with Crippen LogP contribution in [0.15, 0.2) is 24.3 Å². The maximum Gasteiger partial charge on any atom is 0.319 e. The van der Waals surface area contributed by atoms with Crippen LogP contribution in [0.25, 0.3) is 0 Å². The van der Waals surface area contributed by atoms with E-state index in [-0.39, 0.29) is 12.5 Å². The second-order valence-electron chi connectivity index (χ2n) is 4.71. The van der Waals surface area contributed by atoms with E-state index in [1.54, 1.807) is 6.07 Å². The summed E-state index contributed by atoms with van der Waals surface area (Å²) in [7, 11) is 3.77. The molecule has 3 N–H and O–H groups in total. The first-order valence-electron chi connectivity index (χ1n) is 6.49. The molecular weight excluding hydrogens is 258 g/mol. The number of rotatable bonds is 6. The van der Waals surface area contributed by atoms with Crippen molar-refractivity contribution in [2.45, 2.75) is 25.8 Å². The fraction of sp³-hybridized carbons (Fsp3) is 0.429. The normalized spacial score (nSPS) is 11.6. The Morgan fingerprint density at radius 3 is 2.50 bits per heavy atom. The molecular formula is C14H21N3O3. The molecule has 1 atom stereocenters. The highest BCUT2D eigenvalue weighted by Crippen LogP contribution is 2.23. The highest BCUT2D eigenvalue weighted by molar-refractivity contribution is 5.93. The van der Waals surface area contributed by atoms with Gasteiger partial charge in [0, 0.05) is 20.1 Å². The van der Waals surface area contributed by atoms with Crippen molar-refractivity contribution < 1.29 is 14.7 Å². The Morgan fingerprint density at radius 1 is 1.30 bits per heavy atom. The fourth-order valence-electron chi connectivity index (χ4n) is 1.82. The molecule has 1 aromatic rings. The summed E-state index contributed by atoms with van der Waals surface area (Å²) in [6.45, 7) is 1.83. The highest BCUT2D eigenvalue weighted by atomic mass is 16.4. The molecule has 0 fully saturated rings. The molecule has 1 unspecified atom stereocenters. The van der Waals surface area contributed by atoms with Crippen LogP contribution in [0.2, 0.25) is 0 Å². The average Bonchev–Trinajstić information content (AvgIpc) is 2.37. The fourth-order valence-corrected chi connectivity index (χ4v) is 1.82. The standard InChI is InChI=1S/C14H21N3O3/c1-4-10(9-13(18)19)15-14(20)16-11-7-5-6-8-12(11)17(2)3/h5-8,10H,4,9H2,1-3H3,(H,18,19)(H2,15,16,20). The van der Waals surface area contributed by atoms with Gasteiger partial charge in [-0.15, -0.1) is 0 Å². The molecule has 6 heteroatoms. The third-order valence-electron chi connectivity index (χ3n) is 2.88. The van der Waals surface area contributed by atoms with Crippen molar-refractivity contribution in [1.29, 1.82) is 0 Å². The number of carboxylic acids is 1. The largest absolute Gasteiger partial charge is 0.481 e. The number of nitrogens with one attached hydrogen (secondary N) is 2. The third kappa shape index (κ3) is 4.79. The minimum atomic E-state index is -0.925.